The first kappa shape index (κ1) is 11.1. The second-order valence-corrected chi connectivity index (χ2v) is 7.51. The molecule has 0 aromatic heterocycles. The molecule has 4 aliphatic rings. The van der Waals surface area contributed by atoms with Gasteiger partial charge in [0, 0.05) is 0 Å². The predicted molar refractivity (Wildman–Crippen MR) is 66.0 cm³/mol. The van der Waals surface area contributed by atoms with Gasteiger partial charge in [-0.05, 0) is 67.6 Å². The quantitative estimate of drug-likeness (QED) is 0.720. The Morgan fingerprint density at radius 1 is 1.12 bits per heavy atom. The van der Waals surface area contributed by atoms with Crippen LogP contribution in [0.5, 0.6) is 0 Å². The highest BCUT2D eigenvalue weighted by Gasteiger charge is 2.70. The molecule has 4 rings (SSSR count). The normalized spacial score (nSPS) is 59.6. The molecule has 0 heterocycles. The summed E-state index contributed by atoms with van der Waals surface area (Å²) in [6.07, 6.45) is 5.08. The minimum atomic E-state index is -0.373. The lowest BCUT2D eigenvalue weighted by atomic mass is 9.32. The fourth-order valence-corrected chi connectivity index (χ4v) is 5.81. The van der Waals surface area contributed by atoms with E-state index < -0.39 is 0 Å². The molecule has 0 saturated heterocycles. The topological polar surface area (TPSA) is 20.2 Å². The third-order valence-corrected chi connectivity index (χ3v) is 6.41. The highest BCUT2D eigenvalue weighted by Crippen LogP contribution is 2.74. The molecule has 0 aromatic rings. The number of hydrogen-bond donors (Lipinski definition) is 1. The molecule has 0 aromatic carbocycles. The lowest BCUT2D eigenvalue weighted by Gasteiger charge is -2.74. The van der Waals surface area contributed by atoms with Crippen LogP contribution in [0.4, 0.5) is 0 Å². The van der Waals surface area contributed by atoms with Crippen molar-refractivity contribution in [2.24, 2.45) is 35.0 Å². The zero-order valence-corrected chi connectivity index (χ0v) is 11.2. The van der Waals surface area contributed by atoms with E-state index in [4.69, 9.17) is 0 Å². The van der Waals surface area contributed by atoms with E-state index in [1.165, 1.54) is 19.3 Å². The molecule has 1 heteroatoms. The fourth-order valence-electron chi connectivity index (χ4n) is 5.81. The van der Waals surface area contributed by atoms with Crippen LogP contribution in [0, 0.1) is 35.0 Å². The molecule has 0 aliphatic heterocycles. The monoisotopic (exact) mass is 222 g/mol. The van der Waals surface area contributed by atoms with Crippen LogP contribution in [0.3, 0.4) is 0 Å². The van der Waals surface area contributed by atoms with Crippen molar-refractivity contribution in [3.05, 3.63) is 0 Å². The molecule has 6 atom stereocenters. The summed E-state index contributed by atoms with van der Waals surface area (Å²) < 4.78 is 0. The van der Waals surface area contributed by atoms with E-state index in [1.807, 2.05) is 0 Å². The van der Waals surface area contributed by atoms with Crippen LogP contribution in [0.2, 0.25) is 0 Å². The molecule has 1 N–H and O–H groups in total. The Balaban J connectivity index is 1.94. The molecule has 16 heavy (non-hydrogen) atoms. The van der Waals surface area contributed by atoms with Gasteiger partial charge in [-0.25, -0.2) is 0 Å². The van der Waals surface area contributed by atoms with E-state index in [9.17, 15) is 5.11 Å². The van der Waals surface area contributed by atoms with Crippen molar-refractivity contribution in [3.63, 3.8) is 0 Å². The number of hydrogen-bond acceptors (Lipinski definition) is 1. The van der Waals surface area contributed by atoms with E-state index in [-0.39, 0.29) is 5.60 Å². The van der Waals surface area contributed by atoms with E-state index in [0.29, 0.717) is 11.3 Å². The van der Waals surface area contributed by atoms with Crippen LogP contribution in [0.15, 0.2) is 0 Å². The van der Waals surface area contributed by atoms with Gasteiger partial charge in [0.05, 0.1) is 5.60 Å². The van der Waals surface area contributed by atoms with Crippen molar-refractivity contribution in [2.75, 3.05) is 0 Å². The van der Waals surface area contributed by atoms with Crippen molar-refractivity contribution in [1.82, 2.24) is 0 Å². The molecule has 4 bridgehead atoms. The Kier molecular flexibility index (Phi) is 2.11. The molecule has 0 radical (unpaired) electrons. The van der Waals surface area contributed by atoms with Gasteiger partial charge in [0.2, 0.25) is 0 Å². The SMILES string of the molecule is CC(C)C1CCC2(C)C3CCC(C)(O)C2C13. The maximum absolute atomic E-state index is 10.7. The van der Waals surface area contributed by atoms with Gasteiger partial charge in [-0.1, -0.05) is 20.8 Å². The zero-order chi connectivity index (χ0) is 11.7. The summed E-state index contributed by atoms with van der Waals surface area (Å²) in [5, 5.41) is 10.7. The number of aliphatic hydroxyl groups is 1. The van der Waals surface area contributed by atoms with Crippen molar-refractivity contribution in [2.45, 2.75) is 59.0 Å². The summed E-state index contributed by atoms with van der Waals surface area (Å²) in [7, 11) is 0. The smallest absolute Gasteiger partial charge is 0.0656 e. The average Bonchev–Trinajstić information content (AvgIpc) is 2.15. The Hall–Kier alpha value is -0.0400. The maximum Gasteiger partial charge on any atom is 0.0656 e. The number of fused-ring (bicyclic) bond motifs is 2. The molecule has 0 spiro atoms. The van der Waals surface area contributed by atoms with Crippen LogP contribution < -0.4 is 0 Å². The minimum absolute atomic E-state index is 0.373. The van der Waals surface area contributed by atoms with Crippen LogP contribution in [-0.2, 0) is 0 Å². The Bertz CT molecular complexity index is 305. The maximum atomic E-state index is 10.7. The second kappa shape index (κ2) is 3.04. The van der Waals surface area contributed by atoms with Crippen LogP contribution in [-0.4, -0.2) is 10.7 Å². The van der Waals surface area contributed by atoms with Crippen LogP contribution in [0.1, 0.15) is 53.4 Å². The lowest BCUT2D eigenvalue weighted by molar-refractivity contribution is -0.291. The van der Waals surface area contributed by atoms with Gasteiger partial charge in [0.25, 0.3) is 0 Å². The summed E-state index contributed by atoms with van der Waals surface area (Å²) in [5.41, 5.74) is 0.111. The summed E-state index contributed by atoms with van der Waals surface area (Å²) >= 11 is 0. The first-order valence-electron chi connectivity index (χ1n) is 7.10. The third-order valence-electron chi connectivity index (χ3n) is 6.41. The van der Waals surface area contributed by atoms with E-state index in [1.54, 1.807) is 0 Å². The highest BCUT2D eigenvalue weighted by molar-refractivity contribution is 5.19. The van der Waals surface area contributed by atoms with E-state index in [2.05, 4.69) is 27.7 Å². The van der Waals surface area contributed by atoms with E-state index >= 15 is 0 Å². The lowest BCUT2D eigenvalue weighted by Crippen LogP contribution is -2.71. The van der Waals surface area contributed by atoms with Crippen molar-refractivity contribution in [3.8, 4) is 0 Å². The van der Waals surface area contributed by atoms with Crippen LogP contribution >= 0.6 is 0 Å². The molecule has 0 amide bonds. The van der Waals surface area contributed by atoms with Crippen LogP contribution in [0.25, 0.3) is 0 Å². The van der Waals surface area contributed by atoms with Gasteiger partial charge >= 0.3 is 0 Å². The molecule has 92 valence electrons. The minimum Gasteiger partial charge on any atom is -0.390 e. The molecular formula is C15H26O. The summed E-state index contributed by atoms with van der Waals surface area (Å²) in [4.78, 5) is 0. The van der Waals surface area contributed by atoms with Crippen molar-refractivity contribution >= 4 is 0 Å². The molecular weight excluding hydrogens is 196 g/mol. The van der Waals surface area contributed by atoms with Gasteiger partial charge in [0.1, 0.15) is 0 Å². The Morgan fingerprint density at radius 3 is 2.38 bits per heavy atom. The zero-order valence-electron chi connectivity index (χ0n) is 11.2. The number of rotatable bonds is 1. The molecule has 6 unspecified atom stereocenters. The molecule has 4 saturated carbocycles. The largest absolute Gasteiger partial charge is 0.390 e. The van der Waals surface area contributed by atoms with Gasteiger partial charge in [-0.3, -0.25) is 0 Å². The highest BCUT2D eigenvalue weighted by atomic mass is 16.3. The third kappa shape index (κ3) is 1.11. The van der Waals surface area contributed by atoms with Crippen molar-refractivity contribution < 1.29 is 5.11 Å². The Labute approximate surface area is 99.6 Å². The summed E-state index contributed by atoms with van der Waals surface area (Å²) in [6, 6.07) is 0. The Morgan fingerprint density at radius 2 is 1.81 bits per heavy atom. The fraction of sp³-hybridized carbons (Fsp3) is 1.00. The molecule has 1 nitrogen and oxygen atoms in total. The van der Waals surface area contributed by atoms with Gasteiger partial charge in [-0.2, -0.15) is 0 Å². The summed E-state index contributed by atoms with van der Waals surface area (Å²) in [6.45, 7) is 9.29. The van der Waals surface area contributed by atoms with Gasteiger partial charge in [-0.15, -0.1) is 0 Å². The predicted octanol–water partition coefficient (Wildman–Crippen LogP) is 3.47. The van der Waals surface area contributed by atoms with Gasteiger partial charge < -0.3 is 5.11 Å². The molecule has 4 aliphatic carbocycles. The second-order valence-electron chi connectivity index (χ2n) is 7.51. The van der Waals surface area contributed by atoms with Crippen molar-refractivity contribution in [1.29, 1.82) is 0 Å². The van der Waals surface area contributed by atoms with Gasteiger partial charge in [0.15, 0.2) is 0 Å². The first-order chi connectivity index (χ1) is 7.38. The van der Waals surface area contributed by atoms with E-state index in [0.717, 1.165) is 30.1 Å². The summed E-state index contributed by atoms with van der Waals surface area (Å²) in [5.74, 6) is 4.04. The molecule has 4 fully saturated rings. The average molecular weight is 222 g/mol. The first-order valence-corrected chi connectivity index (χ1v) is 7.10. The standard InChI is InChI=1S/C15H26O/c1-9(2)10-5-7-14(3)11-6-8-15(4,16)13(14)12(10)11/h9-13,16H,5-8H2,1-4H3.